The molecular formula is C69H124N8O. The average Bonchev–Trinajstić information content (AvgIpc) is 3.43. The number of rotatable bonds is 6. The fraction of sp³-hybridized carbons (Fsp3) is 0.638. The summed E-state index contributed by atoms with van der Waals surface area (Å²) >= 11 is 0. The third kappa shape index (κ3) is 28.6. The number of ketones is 1. The van der Waals surface area contributed by atoms with Gasteiger partial charge in [0.1, 0.15) is 5.78 Å². The molecule has 4 aromatic carbocycles. The molecule has 446 valence electrons. The number of piperidine rings is 12. The van der Waals surface area contributed by atoms with Gasteiger partial charge in [-0.1, -0.05) is 191 Å². The minimum atomic E-state index is 0. The number of fused-ring (bicyclic) bond motifs is 12. The van der Waals surface area contributed by atoms with Crippen LogP contribution in [0.15, 0.2) is 121 Å². The number of benzene rings is 4. The first kappa shape index (κ1) is 75.7. The molecule has 12 aliphatic heterocycles. The van der Waals surface area contributed by atoms with Crippen LogP contribution in [0.5, 0.6) is 0 Å². The van der Waals surface area contributed by atoms with Gasteiger partial charge in [0.2, 0.25) is 0 Å². The van der Waals surface area contributed by atoms with Gasteiger partial charge in [0.15, 0.2) is 0 Å². The number of hydrogen-bond donors (Lipinski definition) is 4. The number of para-hydroxylation sites is 4. The highest BCUT2D eigenvalue weighted by Crippen LogP contribution is 2.32. The maximum Gasteiger partial charge on any atom is 0.149 e. The monoisotopic (exact) mass is 1080 g/mol. The lowest BCUT2D eigenvalue weighted by atomic mass is 9.84. The molecule has 8 bridgehead atoms. The van der Waals surface area contributed by atoms with Crippen LogP contribution in [0.4, 0.5) is 22.7 Å². The highest BCUT2D eigenvalue weighted by Gasteiger charge is 2.36. The number of hydrogen-bond acceptors (Lipinski definition) is 9. The van der Waals surface area contributed by atoms with Gasteiger partial charge < -0.3 is 36.4 Å². The number of anilines is 4. The van der Waals surface area contributed by atoms with E-state index in [1.165, 1.54) is 140 Å². The van der Waals surface area contributed by atoms with Crippen molar-refractivity contribution in [3.05, 3.63) is 121 Å². The van der Waals surface area contributed by atoms with Crippen molar-refractivity contribution in [2.45, 2.75) is 188 Å². The maximum absolute atomic E-state index is 11.0. The Kier molecular flexibility index (Phi) is 44.0. The van der Waals surface area contributed by atoms with Crippen LogP contribution in [-0.2, 0) is 4.79 Å². The Labute approximate surface area is 483 Å². The lowest BCUT2D eigenvalue weighted by Crippen LogP contribution is -2.53. The quantitative estimate of drug-likeness (QED) is 0.141. The first-order valence-corrected chi connectivity index (χ1v) is 29.3. The highest BCUT2D eigenvalue weighted by atomic mass is 16.1. The maximum atomic E-state index is 11.0. The summed E-state index contributed by atoms with van der Waals surface area (Å²) in [5, 5.41) is 11.0. The molecule has 4 aromatic rings. The first-order valence-electron chi connectivity index (χ1n) is 29.3. The van der Waals surface area contributed by atoms with Gasteiger partial charge in [-0.05, 0) is 170 Å². The van der Waals surface area contributed by atoms with E-state index in [2.05, 4.69) is 182 Å². The van der Waals surface area contributed by atoms with E-state index >= 15 is 0 Å². The van der Waals surface area contributed by atoms with Crippen LogP contribution >= 0.6 is 0 Å². The molecule has 78 heavy (non-hydrogen) atoms. The number of nitrogens with two attached hydrogens (primary N) is 1. The van der Waals surface area contributed by atoms with Gasteiger partial charge >= 0.3 is 0 Å². The van der Waals surface area contributed by atoms with E-state index < -0.39 is 0 Å². The molecule has 16 rings (SSSR count). The van der Waals surface area contributed by atoms with E-state index in [4.69, 9.17) is 5.73 Å². The number of Topliss-reactive ketones (excluding diaryl/α,β-unsaturated/α-hetero) is 1. The fourth-order valence-electron chi connectivity index (χ4n) is 10.8. The molecule has 12 fully saturated rings. The number of carbonyl (C=O) groups excluding carboxylic acids is 1. The summed E-state index contributed by atoms with van der Waals surface area (Å²) in [6, 6.07) is 43.3. The predicted octanol–water partition coefficient (Wildman–Crippen LogP) is 17.0. The van der Waals surface area contributed by atoms with Crippen LogP contribution in [-0.4, -0.2) is 122 Å². The average molecular weight is 1080 g/mol. The molecular weight excluding hydrogens is 957 g/mol. The molecule has 0 saturated carbocycles. The zero-order chi connectivity index (χ0) is 52.5. The smallest absolute Gasteiger partial charge is 0.149 e. The minimum Gasteiger partial charge on any atom is -0.399 e. The number of nitrogens with zero attached hydrogens (tertiary/aromatic N) is 4. The largest absolute Gasteiger partial charge is 0.399 e. The summed E-state index contributed by atoms with van der Waals surface area (Å²) < 4.78 is 0. The van der Waals surface area contributed by atoms with Crippen LogP contribution in [0.1, 0.15) is 170 Å². The highest BCUT2D eigenvalue weighted by molar-refractivity contribution is 5.84. The third-order valence-corrected chi connectivity index (χ3v) is 14.6. The molecule has 0 amide bonds. The van der Waals surface area contributed by atoms with E-state index in [-0.39, 0.29) is 37.1 Å². The second-order valence-electron chi connectivity index (χ2n) is 21.5. The van der Waals surface area contributed by atoms with Gasteiger partial charge in [0.25, 0.3) is 0 Å². The van der Waals surface area contributed by atoms with Crippen LogP contribution in [0, 0.1) is 23.7 Å². The zero-order valence-corrected chi connectivity index (χ0v) is 47.3. The SMILES string of the molecule is C.C.C.C.C.CCC.CCC.CCC.CCC.Nc1ccccc1.O=C1CN2CCC1CC2.c1ccc(N[C@H]2CN3CCC2CC3)cc1.c1ccc(N[C@H]2CN3CCC2CC3)cc1.c1ccc(N[C@H]2CN3CCC2CC3)cc1. The summed E-state index contributed by atoms with van der Waals surface area (Å²) in [4.78, 5) is 21.0. The Hall–Kier alpha value is -4.41. The predicted molar refractivity (Wildman–Crippen MR) is 352 cm³/mol. The molecule has 5 N–H and O–H groups in total. The first-order chi connectivity index (χ1) is 35.7. The van der Waals surface area contributed by atoms with Crippen molar-refractivity contribution in [1.82, 2.24) is 19.6 Å². The number of carbonyl (C=O) groups is 1. The summed E-state index contributed by atoms with van der Waals surface area (Å²) in [6.45, 7) is 31.7. The molecule has 0 spiro atoms. The van der Waals surface area contributed by atoms with Crippen molar-refractivity contribution >= 4 is 28.5 Å². The van der Waals surface area contributed by atoms with Crippen molar-refractivity contribution in [3.8, 4) is 0 Å². The number of nitrogens with one attached hydrogen (secondary N) is 3. The standard InChI is InChI=1S/3C13H18N2.C7H11NO.C6H7N.4C3H8.5CH4/c3*1-2-4-12(5-3-1)14-13-10-15-8-6-11(13)7-9-15;9-7-5-8-3-1-6(7)2-4-8;7-6-4-2-1-3-5-6;4*1-3-2;;;;;/h3*1-5,11,13-14H,6-10H2;6H,1-5H2;1-5H,7H2;4*3H2,1-2H3;5*1H4/t3*13-;;;;;;;;;;;/m000.........../s1. The van der Waals surface area contributed by atoms with Gasteiger partial charge in [0, 0.05) is 66.4 Å². The van der Waals surface area contributed by atoms with Gasteiger partial charge in [-0.25, -0.2) is 0 Å². The molecule has 12 aliphatic rings. The van der Waals surface area contributed by atoms with Crippen molar-refractivity contribution < 1.29 is 4.79 Å². The zero-order valence-electron chi connectivity index (χ0n) is 47.3. The third-order valence-electron chi connectivity index (χ3n) is 14.6. The van der Waals surface area contributed by atoms with Crippen molar-refractivity contribution in [1.29, 1.82) is 0 Å². The Bertz CT molecular complexity index is 1740. The van der Waals surface area contributed by atoms with E-state index in [0.717, 1.165) is 55.9 Å². The Morgan fingerprint density at radius 1 is 0.372 bits per heavy atom. The summed E-state index contributed by atoms with van der Waals surface area (Å²) in [5.74, 6) is 3.61. The second-order valence-corrected chi connectivity index (χ2v) is 21.5. The van der Waals surface area contributed by atoms with E-state index in [1.54, 1.807) is 0 Å². The Morgan fingerprint density at radius 2 is 0.603 bits per heavy atom. The fourth-order valence-corrected chi connectivity index (χ4v) is 10.8. The lowest BCUT2D eigenvalue weighted by Gasteiger charge is -2.45. The summed E-state index contributed by atoms with van der Waals surface area (Å²) in [5.41, 5.74) is 10.0. The van der Waals surface area contributed by atoms with Crippen LogP contribution < -0.4 is 21.7 Å². The van der Waals surface area contributed by atoms with Crippen molar-refractivity contribution in [3.63, 3.8) is 0 Å². The normalized spacial score (nSPS) is 26.1. The van der Waals surface area contributed by atoms with Crippen molar-refractivity contribution in [2.75, 3.05) is 100 Å². The van der Waals surface area contributed by atoms with Gasteiger partial charge in [-0.15, -0.1) is 0 Å². The lowest BCUT2D eigenvalue weighted by molar-refractivity contribution is -0.130. The molecule has 9 nitrogen and oxygen atoms in total. The molecule has 0 radical (unpaired) electrons. The van der Waals surface area contributed by atoms with Crippen molar-refractivity contribution in [2.24, 2.45) is 23.7 Å². The van der Waals surface area contributed by atoms with Gasteiger partial charge in [-0.3, -0.25) is 9.69 Å². The number of nitrogen functional groups attached to an aromatic ring is 1. The summed E-state index contributed by atoms with van der Waals surface area (Å²) in [6.07, 6.45) is 15.5. The Balaban J connectivity index is 0. The minimum absolute atomic E-state index is 0. The second kappa shape index (κ2) is 45.3. The molecule has 0 aliphatic carbocycles. The van der Waals surface area contributed by atoms with Crippen LogP contribution in [0.3, 0.4) is 0 Å². The molecule has 0 aromatic heterocycles. The Morgan fingerprint density at radius 3 is 0.756 bits per heavy atom. The molecule has 12 heterocycles. The molecule has 12 saturated heterocycles. The van der Waals surface area contributed by atoms with Crippen LogP contribution in [0.25, 0.3) is 0 Å². The van der Waals surface area contributed by atoms with E-state index in [1.807, 2.05) is 30.3 Å². The molecule has 3 atom stereocenters. The topological polar surface area (TPSA) is 92.1 Å². The van der Waals surface area contributed by atoms with Crippen LogP contribution in [0.2, 0.25) is 0 Å². The molecule has 0 unspecified atom stereocenters. The van der Waals surface area contributed by atoms with Gasteiger partial charge in [-0.2, -0.15) is 0 Å². The molecule has 9 heteroatoms. The summed E-state index contributed by atoms with van der Waals surface area (Å²) in [7, 11) is 0. The van der Waals surface area contributed by atoms with E-state index in [0.29, 0.717) is 29.8 Å². The van der Waals surface area contributed by atoms with E-state index in [9.17, 15) is 4.79 Å². The van der Waals surface area contributed by atoms with Gasteiger partial charge in [0.05, 0.1) is 6.54 Å².